The van der Waals surface area contributed by atoms with Crippen LogP contribution in [0.25, 0.3) is 16.9 Å². The highest BCUT2D eigenvalue weighted by Crippen LogP contribution is 2.33. The van der Waals surface area contributed by atoms with Gasteiger partial charge in [-0.2, -0.15) is 5.10 Å². The second kappa shape index (κ2) is 6.79. The summed E-state index contributed by atoms with van der Waals surface area (Å²) in [5.41, 5.74) is 4.28. The van der Waals surface area contributed by atoms with Crippen LogP contribution in [0, 0.1) is 0 Å². The Morgan fingerprint density at radius 2 is 2.11 bits per heavy atom. The van der Waals surface area contributed by atoms with E-state index in [2.05, 4.69) is 37.1 Å². The molecule has 0 aromatic carbocycles. The summed E-state index contributed by atoms with van der Waals surface area (Å²) in [4.78, 5) is 9.11. The van der Waals surface area contributed by atoms with Crippen LogP contribution >= 0.6 is 11.3 Å². The Labute approximate surface area is 161 Å². The van der Waals surface area contributed by atoms with E-state index in [-0.39, 0.29) is 0 Å². The van der Waals surface area contributed by atoms with Gasteiger partial charge in [-0.15, -0.1) is 11.3 Å². The Morgan fingerprint density at radius 3 is 2.93 bits per heavy atom. The number of nitrogens with zero attached hydrogens (tertiary/aromatic N) is 5. The highest BCUT2D eigenvalue weighted by molar-refractivity contribution is 7.14. The van der Waals surface area contributed by atoms with Crippen LogP contribution in [0.3, 0.4) is 0 Å². The van der Waals surface area contributed by atoms with Gasteiger partial charge in [-0.3, -0.25) is 9.08 Å². The van der Waals surface area contributed by atoms with E-state index in [0.717, 1.165) is 40.8 Å². The summed E-state index contributed by atoms with van der Waals surface area (Å²) >= 11 is 1.73. The number of aryl methyl sites for hydroxylation is 1. The monoisotopic (exact) mass is 379 g/mol. The fourth-order valence-electron chi connectivity index (χ4n) is 3.68. The number of fused-ring (bicyclic) bond motifs is 1. The third kappa shape index (κ3) is 3.11. The molecule has 0 bridgehead atoms. The molecule has 5 heterocycles. The first-order chi connectivity index (χ1) is 13.3. The lowest BCUT2D eigenvalue weighted by Gasteiger charge is -2.21. The van der Waals surface area contributed by atoms with Crippen LogP contribution in [0.4, 0.5) is 10.8 Å². The maximum absolute atomic E-state index is 4.59. The summed E-state index contributed by atoms with van der Waals surface area (Å²) in [6.07, 6.45) is 11.9. The number of aromatic nitrogens is 5. The summed E-state index contributed by atoms with van der Waals surface area (Å²) in [5, 5.41) is 14.5. The van der Waals surface area contributed by atoms with E-state index in [1.165, 1.54) is 18.4 Å². The largest absolute Gasteiger partial charge is 0.329 e. The molecule has 1 fully saturated rings. The summed E-state index contributed by atoms with van der Waals surface area (Å²) in [6, 6.07) is 2.26. The van der Waals surface area contributed by atoms with Crippen LogP contribution in [0.1, 0.15) is 24.3 Å². The van der Waals surface area contributed by atoms with Crippen molar-refractivity contribution in [2.45, 2.75) is 18.8 Å². The van der Waals surface area contributed by atoms with Gasteiger partial charge >= 0.3 is 0 Å². The first-order valence-electron chi connectivity index (χ1n) is 9.15. The van der Waals surface area contributed by atoms with Gasteiger partial charge in [0.25, 0.3) is 0 Å². The summed E-state index contributed by atoms with van der Waals surface area (Å²) in [5.74, 6) is 1.43. The molecule has 138 valence electrons. The minimum Gasteiger partial charge on any atom is -0.329 e. The van der Waals surface area contributed by atoms with Crippen molar-refractivity contribution in [2.75, 3.05) is 18.4 Å². The molecule has 0 radical (unpaired) electrons. The summed E-state index contributed by atoms with van der Waals surface area (Å²) in [7, 11) is 1.91. The first kappa shape index (κ1) is 16.5. The molecule has 0 aliphatic carbocycles. The van der Waals surface area contributed by atoms with Gasteiger partial charge in [-0.1, -0.05) is 0 Å². The van der Waals surface area contributed by atoms with Crippen molar-refractivity contribution >= 4 is 27.8 Å². The highest BCUT2D eigenvalue weighted by atomic mass is 32.1. The maximum Gasteiger partial charge on any atom is 0.180 e. The van der Waals surface area contributed by atoms with E-state index in [1.807, 2.05) is 36.2 Å². The number of piperidine rings is 1. The quantitative estimate of drug-likeness (QED) is 0.569. The number of imidazole rings is 1. The van der Waals surface area contributed by atoms with Crippen molar-refractivity contribution in [1.82, 2.24) is 29.5 Å². The lowest BCUT2D eigenvalue weighted by atomic mass is 9.92. The Bertz CT molecular complexity index is 1070. The number of nitrogens with one attached hydrogen (secondary N) is 2. The van der Waals surface area contributed by atoms with Crippen molar-refractivity contribution in [1.29, 1.82) is 0 Å². The van der Waals surface area contributed by atoms with Gasteiger partial charge in [0, 0.05) is 31.2 Å². The summed E-state index contributed by atoms with van der Waals surface area (Å²) in [6.45, 7) is 2.21. The average Bonchev–Trinajstić information content (AvgIpc) is 3.42. The number of hydrogen-bond acceptors (Lipinski definition) is 6. The minimum atomic E-state index is 0.658. The zero-order valence-corrected chi connectivity index (χ0v) is 15.9. The Morgan fingerprint density at radius 1 is 1.22 bits per heavy atom. The summed E-state index contributed by atoms with van der Waals surface area (Å²) < 4.78 is 3.84. The predicted octanol–water partition coefficient (Wildman–Crippen LogP) is 3.40. The van der Waals surface area contributed by atoms with Crippen LogP contribution in [-0.2, 0) is 7.05 Å². The van der Waals surface area contributed by atoms with Crippen LogP contribution in [0.15, 0.2) is 42.4 Å². The Balaban J connectivity index is 1.44. The molecular formula is C19H21N7S. The van der Waals surface area contributed by atoms with Crippen molar-refractivity contribution in [2.24, 2.45) is 7.05 Å². The third-order valence-electron chi connectivity index (χ3n) is 5.10. The van der Waals surface area contributed by atoms with E-state index < -0.39 is 0 Å². The van der Waals surface area contributed by atoms with Crippen molar-refractivity contribution < 1.29 is 0 Å². The molecule has 8 heteroatoms. The zero-order valence-electron chi connectivity index (χ0n) is 15.1. The van der Waals surface area contributed by atoms with Crippen molar-refractivity contribution in [3.63, 3.8) is 0 Å². The minimum absolute atomic E-state index is 0.658. The lowest BCUT2D eigenvalue weighted by molar-refractivity contribution is 0.461. The zero-order chi connectivity index (χ0) is 18.2. The van der Waals surface area contributed by atoms with Gasteiger partial charge < -0.3 is 10.6 Å². The van der Waals surface area contributed by atoms with Crippen molar-refractivity contribution in [3.8, 4) is 11.3 Å². The molecule has 0 amide bonds. The van der Waals surface area contributed by atoms with Gasteiger partial charge in [0.05, 0.1) is 23.1 Å². The SMILES string of the molecule is Cn1cc(-c2cnc3c(Nc4cc(C5CCNCC5)cs4)nccn23)cn1. The lowest BCUT2D eigenvalue weighted by Crippen LogP contribution is -2.26. The molecule has 0 spiro atoms. The van der Waals surface area contributed by atoms with Gasteiger partial charge in [0.1, 0.15) is 0 Å². The topological polar surface area (TPSA) is 72.1 Å². The molecule has 0 unspecified atom stereocenters. The molecule has 4 aromatic heterocycles. The second-order valence-corrected chi connectivity index (χ2v) is 7.82. The average molecular weight is 379 g/mol. The molecule has 0 saturated carbocycles. The highest BCUT2D eigenvalue weighted by Gasteiger charge is 2.17. The van der Waals surface area contributed by atoms with Gasteiger partial charge in [-0.05, 0) is 48.9 Å². The van der Waals surface area contributed by atoms with E-state index in [0.29, 0.717) is 5.92 Å². The first-order valence-corrected chi connectivity index (χ1v) is 10.0. The standard InChI is InChI=1S/C19H21N7S/c1-25-11-15(9-23-25)16-10-22-19-18(21-6-7-26(16)19)24-17-8-14(12-27-17)13-2-4-20-5-3-13/h6-13,20H,2-5H2,1H3,(H,21,24). The number of anilines is 2. The fourth-order valence-corrected chi connectivity index (χ4v) is 4.56. The van der Waals surface area contributed by atoms with Crippen molar-refractivity contribution in [3.05, 3.63) is 48.0 Å². The van der Waals surface area contributed by atoms with E-state index >= 15 is 0 Å². The molecule has 4 aromatic rings. The Hall–Kier alpha value is -2.71. The van der Waals surface area contributed by atoms with Gasteiger partial charge in [-0.25, -0.2) is 9.97 Å². The molecule has 5 rings (SSSR count). The molecular weight excluding hydrogens is 358 g/mol. The molecule has 27 heavy (non-hydrogen) atoms. The maximum atomic E-state index is 4.59. The number of hydrogen-bond donors (Lipinski definition) is 2. The Kier molecular flexibility index (Phi) is 4.14. The fraction of sp³-hybridized carbons (Fsp3) is 0.316. The molecule has 2 N–H and O–H groups in total. The van der Waals surface area contributed by atoms with E-state index in [4.69, 9.17) is 0 Å². The molecule has 1 aliphatic heterocycles. The van der Waals surface area contributed by atoms with Crippen LogP contribution in [0.5, 0.6) is 0 Å². The molecule has 1 aliphatic rings. The van der Waals surface area contributed by atoms with Crippen LogP contribution in [0.2, 0.25) is 0 Å². The number of rotatable bonds is 4. The second-order valence-electron chi connectivity index (χ2n) is 6.91. The predicted molar refractivity (Wildman–Crippen MR) is 108 cm³/mol. The van der Waals surface area contributed by atoms with Gasteiger partial charge in [0.15, 0.2) is 11.5 Å². The van der Waals surface area contributed by atoms with E-state index in [1.54, 1.807) is 22.2 Å². The smallest absolute Gasteiger partial charge is 0.180 e. The van der Waals surface area contributed by atoms with Crippen LogP contribution < -0.4 is 10.6 Å². The molecule has 7 nitrogen and oxygen atoms in total. The van der Waals surface area contributed by atoms with Crippen LogP contribution in [-0.4, -0.2) is 37.2 Å². The third-order valence-corrected chi connectivity index (χ3v) is 5.96. The number of thiophene rings is 1. The normalized spacial score (nSPS) is 15.4. The molecule has 1 saturated heterocycles. The molecule has 0 atom stereocenters. The van der Waals surface area contributed by atoms with Gasteiger partial charge in [0.2, 0.25) is 0 Å². The van der Waals surface area contributed by atoms with E-state index in [9.17, 15) is 0 Å².